The number of nitrogens with one attached hydrogen (secondary N) is 3. The van der Waals surface area contributed by atoms with E-state index in [2.05, 4.69) is 45.6 Å². The van der Waals surface area contributed by atoms with Crippen LogP contribution in [0.1, 0.15) is 19.3 Å². The number of hydrogen-bond acceptors (Lipinski definition) is 5. The molecule has 2 amide bonds. The van der Waals surface area contributed by atoms with Crippen molar-refractivity contribution in [2.24, 2.45) is 5.92 Å². The summed E-state index contributed by atoms with van der Waals surface area (Å²) in [6.07, 6.45) is 6.89. The van der Waals surface area contributed by atoms with Crippen molar-refractivity contribution in [1.29, 1.82) is 0 Å². The van der Waals surface area contributed by atoms with Gasteiger partial charge in [-0.3, -0.25) is 5.32 Å². The van der Waals surface area contributed by atoms with E-state index in [4.69, 9.17) is 4.74 Å². The Balaban J connectivity index is 1.45. The van der Waals surface area contributed by atoms with E-state index in [1.54, 1.807) is 6.20 Å². The molecular formula is C20H34N6O2Si. The summed E-state index contributed by atoms with van der Waals surface area (Å²) in [5.41, 5.74) is 1.50. The Bertz CT molecular complexity index is 798. The first-order chi connectivity index (χ1) is 13.9. The zero-order chi connectivity index (χ0) is 20.7. The SMILES string of the molecule is C[Si](C)(C)CCOCn1ccc2nc(NC(=O)NCCC3CCNCC3)cnc21. The lowest BCUT2D eigenvalue weighted by Gasteiger charge is -2.22. The van der Waals surface area contributed by atoms with Gasteiger partial charge in [0, 0.05) is 27.4 Å². The molecule has 0 spiro atoms. The summed E-state index contributed by atoms with van der Waals surface area (Å²) in [7, 11) is -1.09. The van der Waals surface area contributed by atoms with Crippen LogP contribution in [0.15, 0.2) is 18.5 Å². The molecule has 1 aliphatic heterocycles. The monoisotopic (exact) mass is 418 g/mol. The summed E-state index contributed by atoms with van der Waals surface area (Å²) in [6.45, 7) is 11.1. The first-order valence-corrected chi connectivity index (χ1v) is 14.3. The standard InChI is InChI=1S/C20H34N6O2Si/c1-29(2,3)13-12-28-15-26-11-7-17-19(26)23-14-18(24-17)25-20(27)22-10-6-16-4-8-21-9-5-16/h7,11,14,16,21H,4-6,8-10,12-13,15H2,1-3H3,(H2,22,24,25,27). The van der Waals surface area contributed by atoms with Crippen molar-refractivity contribution in [3.63, 3.8) is 0 Å². The fourth-order valence-corrected chi connectivity index (χ4v) is 4.14. The van der Waals surface area contributed by atoms with E-state index in [0.717, 1.165) is 43.3 Å². The maximum absolute atomic E-state index is 12.1. The number of anilines is 1. The van der Waals surface area contributed by atoms with Gasteiger partial charge in [-0.05, 0) is 50.4 Å². The second kappa shape index (κ2) is 10.2. The Hall–Kier alpha value is -1.97. The van der Waals surface area contributed by atoms with Crippen molar-refractivity contribution in [1.82, 2.24) is 25.2 Å². The van der Waals surface area contributed by atoms with Gasteiger partial charge in [-0.2, -0.15) is 0 Å². The van der Waals surface area contributed by atoms with Gasteiger partial charge in [0.1, 0.15) is 12.2 Å². The Morgan fingerprint density at radius 2 is 2.14 bits per heavy atom. The van der Waals surface area contributed by atoms with Crippen LogP contribution >= 0.6 is 0 Å². The van der Waals surface area contributed by atoms with Crippen LogP contribution in [0.5, 0.6) is 0 Å². The van der Waals surface area contributed by atoms with Crippen LogP contribution in [-0.4, -0.2) is 54.9 Å². The molecule has 0 aromatic carbocycles. The molecule has 1 fully saturated rings. The lowest BCUT2D eigenvalue weighted by molar-refractivity contribution is 0.0899. The molecule has 9 heteroatoms. The predicted molar refractivity (Wildman–Crippen MR) is 119 cm³/mol. The average molecular weight is 419 g/mol. The van der Waals surface area contributed by atoms with Gasteiger partial charge in [-0.15, -0.1) is 0 Å². The van der Waals surface area contributed by atoms with Gasteiger partial charge in [0.25, 0.3) is 0 Å². The molecule has 160 valence electrons. The van der Waals surface area contributed by atoms with Gasteiger partial charge in [0.05, 0.1) is 6.20 Å². The first-order valence-electron chi connectivity index (χ1n) is 10.6. The minimum absolute atomic E-state index is 0.235. The van der Waals surface area contributed by atoms with Crippen LogP contribution in [-0.2, 0) is 11.5 Å². The van der Waals surface area contributed by atoms with E-state index in [1.807, 2.05) is 16.8 Å². The second-order valence-electron chi connectivity index (χ2n) is 8.96. The molecule has 2 aromatic heterocycles. The summed E-state index contributed by atoms with van der Waals surface area (Å²) < 4.78 is 7.74. The van der Waals surface area contributed by atoms with Crippen molar-refractivity contribution in [2.75, 3.05) is 31.6 Å². The summed E-state index contributed by atoms with van der Waals surface area (Å²) in [5, 5.41) is 9.06. The van der Waals surface area contributed by atoms with Crippen molar-refractivity contribution < 1.29 is 9.53 Å². The van der Waals surface area contributed by atoms with Crippen LogP contribution < -0.4 is 16.0 Å². The Kier molecular flexibility index (Phi) is 7.62. The minimum Gasteiger partial charge on any atom is -0.361 e. The normalized spacial score (nSPS) is 15.6. The third-order valence-electron chi connectivity index (χ3n) is 5.23. The summed E-state index contributed by atoms with van der Waals surface area (Å²) in [4.78, 5) is 21.1. The Morgan fingerprint density at radius 1 is 1.34 bits per heavy atom. The number of amides is 2. The molecule has 0 unspecified atom stereocenters. The van der Waals surface area contributed by atoms with Crippen LogP contribution in [0.4, 0.5) is 10.6 Å². The molecule has 3 rings (SSSR count). The minimum atomic E-state index is -1.09. The molecule has 8 nitrogen and oxygen atoms in total. The smallest absolute Gasteiger partial charge is 0.320 e. The van der Waals surface area contributed by atoms with E-state index in [0.29, 0.717) is 25.0 Å². The fourth-order valence-electron chi connectivity index (χ4n) is 3.39. The molecule has 1 aliphatic rings. The van der Waals surface area contributed by atoms with E-state index in [-0.39, 0.29) is 6.03 Å². The number of carbonyl (C=O) groups is 1. The van der Waals surface area contributed by atoms with E-state index in [9.17, 15) is 4.79 Å². The lowest BCUT2D eigenvalue weighted by atomic mass is 9.95. The highest BCUT2D eigenvalue weighted by molar-refractivity contribution is 6.76. The van der Waals surface area contributed by atoms with Gasteiger partial charge in [-0.1, -0.05) is 19.6 Å². The van der Waals surface area contributed by atoms with Crippen LogP contribution in [0.2, 0.25) is 25.7 Å². The van der Waals surface area contributed by atoms with Gasteiger partial charge < -0.3 is 19.9 Å². The third-order valence-corrected chi connectivity index (χ3v) is 6.93. The molecular weight excluding hydrogens is 384 g/mol. The average Bonchev–Trinajstić information content (AvgIpc) is 3.07. The summed E-state index contributed by atoms with van der Waals surface area (Å²) in [5.74, 6) is 1.15. The van der Waals surface area contributed by atoms with Crippen LogP contribution in [0.3, 0.4) is 0 Å². The number of aromatic nitrogens is 3. The van der Waals surface area contributed by atoms with Crippen molar-refractivity contribution in [2.45, 2.75) is 51.7 Å². The summed E-state index contributed by atoms with van der Waals surface area (Å²) in [6, 6.07) is 2.80. The number of fused-ring (bicyclic) bond motifs is 1. The molecule has 0 saturated carbocycles. The molecule has 29 heavy (non-hydrogen) atoms. The number of urea groups is 1. The zero-order valence-electron chi connectivity index (χ0n) is 17.8. The maximum atomic E-state index is 12.1. The van der Waals surface area contributed by atoms with E-state index in [1.165, 1.54) is 12.8 Å². The first kappa shape index (κ1) is 21.7. The number of carbonyl (C=O) groups excluding carboxylic acids is 1. The Labute approximate surface area is 173 Å². The quantitative estimate of drug-likeness (QED) is 0.429. The third kappa shape index (κ3) is 7.09. The largest absolute Gasteiger partial charge is 0.361 e. The molecule has 0 atom stereocenters. The second-order valence-corrected chi connectivity index (χ2v) is 14.6. The van der Waals surface area contributed by atoms with Crippen LogP contribution in [0.25, 0.3) is 11.2 Å². The predicted octanol–water partition coefficient (Wildman–Crippen LogP) is 3.25. The fraction of sp³-hybridized carbons (Fsp3) is 0.650. The van der Waals surface area contributed by atoms with Gasteiger partial charge >= 0.3 is 6.03 Å². The number of piperidine rings is 1. The highest BCUT2D eigenvalue weighted by Crippen LogP contribution is 2.16. The summed E-state index contributed by atoms with van der Waals surface area (Å²) >= 11 is 0. The number of nitrogens with zero attached hydrogens (tertiary/aromatic N) is 3. The van der Waals surface area contributed by atoms with Crippen LogP contribution in [0, 0.1) is 5.92 Å². The highest BCUT2D eigenvalue weighted by Gasteiger charge is 2.14. The van der Waals surface area contributed by atoms with E-state index < -0.39 is 8.07 Å². The van der Waals surface area contributed by atoms with Gasteiger partial charge in [0.2, 0.25) is 0 Å². The van der Waals surface area contributed by atoms with Gasteiger partial charge in [-0.25, -0.2) is 14.8 Å². The number of ether oxygens (including phenoxy) is 1. The zero-order valence-corrected chi connectivity index (χ0v) is 18.8. The van der Waals surface area contributed by atoms with Crippen molar-refractivity contribution >= 4 is 31.1 Å². The molecule has 3 N–H and O–H groups in total. The maximum Gasteiger partial charge on any atom is 0.320 e. The number of hydrogen-bond donors (Lipinski definition) is 3. The highest BCUT2D eigenvalue weighted by atomic mass is 28.3. The number of rotatable bonds is 9. The Morgan fingerprint density at radius 3 is 2.90 bits per heavy atom. The lowest BCUT2D eigenvalue weighted by Crippen LogP contribution is -2.33. The van der Waals surface area contributed by atoms with E-state index >= 15 is 0 Å². The molecule has 3 heterocycles. The van der Waals surface area contributed by atoms with Crippen molar-refractivity contribution in [3.8, 4) is 0 Å². The molecule has 0 aliphatic carbocycles. The van der Waals surface area contributed by atoms with Crippen molar-refractivity contribution in [3.05, 3.63) is 18.5 Å². The van der Waals surface area contributed by atoms with Gasteiger partial charge in [0.15, 0.2) is 11.5 Å². The molecule has 0 bridgehead atoms. The molecule has 0 radical (unpaired) electrons. The molecule has 2 aromatic rings. The topological polar surface area (TPSA) is 93.1 Å². The molecule has 1 saturated heterocycles.